The standard InChI is InChI=1S/C43H47N3O8/c1-51-28-36-11-6-20-45(36)25-37-22-39(33-14-12-29(26-47)13-15-33)54-42(53-37)34-18-16-32(17-19-34)35-10-5-9-31(21-35)24-46-40(48)23-38(41(46)49)44-43(50)52-27-30-7-3-2-4-8-30/h2-5,7-10,12-19,21,36-39,42,47H,6,11,20,22-28H2,1H3,(H,44,50)/t36-,37+,38?,39-,42-/m0/s1. The summed E-state index contributed by atoms with van der Waals surface area (Å²) >= 11 is 0. The summed E-state index contributed by atoms with van der Waals surface area (Å²) in [5, 5.41) is 12.1. The predicted octanol–water partition coefficient (Wildman–Crippen LogP) is 6.06. The van der Waals surface area contributed by atoms with Crippen LogP contribution in [0.25, 0.3) is 11.1 Å². The van der Waals surface area contributed by atoms with Gasteiger partial charge in [0.05, 0.1) is 38.4 Å². The SMILES string of the molecule is COC[C@@H]1CCCN1C[C@H]1C[C@@H](c2ccc(CO)cc2)O[C@@H](c2ccc(-c3cccc(CN4C(=O)CC(NC(=O)OCc5ccccc5)C4=O)c3)cc2)O1. The number of carbonyl (C=O) groups is 3. The molecule has 3 amide bonds. The van der Waals surface area contributed by atoms with Crippen LogP contribution in [0.15, 0.2) is 103 Å². The van der Waals surface area contributed by atoms with E-state index >= 15 is 0 Å². The van der Waals surface area contributed by atoms with Gasteiger partial charge >= 0.3 is 6.09 Å². The molecular formula is C43H47N3O8. The lowest BCUT2D eigenvalue weighted by molar-refractivity contribution is -0.253. The second-order valence-electron chi connectivity index (χ2n) is 14.2. The highest BCUT2D eigenvalue weighted by molar-refractivity contribution is 6.06. The van der Waals surface area contributed by atoms with Crippen LogP contribution in [0.3, 0.4) is 0 Å². The normalized spacial score (nSPS) is 23.1. The lowest BCUT2D eigenvalue weighted by Gasteiger charge is -2.38. The molecular weight excluding hydrogens is 686 g/mol. The van der Waals surface area contributed by atoms with E-state index in [-0.39, 0.29) is 44.3 Å². The van der Waals surface area contributed by atoms with E-state index in [1.807, 2.05) is 103 Å². The molecule has 0 radical (unpaired) electrons. The summed E-state index contributed by atoms with van der Waals surface area (Å²) < 4.78 is 24.0. The van der Waals surface area contributed by atoms with E-state index in [2.05, 4.69) is 10.2 Å². The molecule has 1 unspecified atom stereocenters. The van der Waals surface area contributed by atoms with Gasteiger partial charge in [-0.05, 0) is 58.8 Å². The lowest BCUT2D eigenvalue weighted by atomic mass is 9.98. The van der Waals surface area contributed by atoms with Gasteiger partial charge in [-0.15, -0.1) is 0 Å². The number of alkyl carbamates (subject to hydrolysis) is 1. The first-order chi connectivity index (χ1) is 26.4. The number of ether oxygens (including phenoxy) is 4. The zero-order valence-corrected chi connectivity index (χ0v) is 30.5. The Morgan fingerprint density at radius 3 is 2.39 bits per heavy atom. The number of methoxy groups -OCH3 is 1. The van der Waals surface area contributed by atoms with E-state index in [1.54, 1.807) is 7.11 Å². The van der Waals surface area contributed by atoms with Crippen LogP contribution in [0, 0.1) is 0 Å². The van der Waals surface area contributed by atoms with Crippen molar-refractivity contribution in [2.45, 2.75) is 76.0 Å². The van der Waals surface area contributed by atoms with Crippen LogP contribution in [-0.4, -0.2) is 77.8 Å². The Morgan fingerprint density at radius 1 is 0.870 bits per heavy atom. The van der Waals surface area contributed by atoms with Crippen LogP contribution >= 0.6 is 0 Å². The molecule has 282 valence electrons. The smallest absolute Gasteiger partial charge is 0.408 e. The quantitative estimate of drug-likeness (QED) is 0.158. The van der Waals surface area contributed by atoms with Gasteiger partial charge in [-0.2, -0.15) is 0 Å². The fourth-order valence-electron chi connectivity index (χ4n) is 7.54. The molecule has 0 spiro atoms. The number of aliphatic hydroxyl groups is 1. The highest BCUT2D eigenvalue weighted by Crippen LogP contribution is 2.39. The van der Waals surface area contributed by atoms with Crippen LogP contribution in [0.4, 0.5) is 4.79 Å². The van der Waals surface area contributed by atoms with Gasteiger partial charge in [-0.1, -0.05) is 97.1 Å². The molecule has 3 aliphatic heterocycles. The summed E-state index contributed by atoms with van der Waals surface area (Å²) in [6.07, 6.45) is 1.32. The van der Waals surface area contributed by atoms with Crippen molar-refractivity contribution in [2.24, 2.45) is 0 Å². The van der Waals surface area contributed by atoms with Gasteiger partial charge in [0.1, 0.15) is 12.6 Å². The zero-order valence-electron chi connectivity index (χ0n) is 30.5. The number of rotatable bonds is 13. The highest BCUT2D eigenvalue weighted by Gasteiger charge is 2.40. The molecule has 3 heterocycles. The van der Waals surface area contributed by atoms with Gasteiger partial charge in [-0.25, -0.2) is 4.79 Å². The molecule has 3 aliphatic rings. The van der Waals surface area contributed by atoms with E-state index in [0.29, 0.717) is 19.1 Å². The van der Waals surface area contributed by atoms with Crippen molar-refractivity contribution >= 4 is 17.9 Å². The molecule has 0 aliphatic carbocycles. The lowest BCUT2D eigenvalue weighted by Crippen LogP contribution is -2.42. The number of hydrogen-bond acceptors (Lipinski definition) is 9. The number of nitrogens with zero attached hydrogens (tertiary/aromatic N) is 2. The van der Waals surface area contributed by atoms with Gasteiger partial charge < -0.3 is 29.4 Å². The first-order valence-electron chi connectivity index (χ1n) is 18.6. The maximum Gasteiger partial charge on any atom is 0.408 e. The van der Waals surface area contributed by atoms with E-state index in [1.165, 1.54) is 4.90 Å². The Kier molecular flexibility index (Phi) is 12.1. The molecule has 3 fully saturated rings. The third-order valence-electron chi connectivity index (χ3n) is 10.4. The molecule has 4 aromatic carbocycles. The molecule has 3 saturated heterocycles. The van der Waals surface area contributed by atoms with Gasteiger partial charge in [0.2, 0.25) is 5.91 Å². The monoisotopic (exact) mass is 733 g/mol. The van der Waals surface area contributed by atoms with Gasteiger partial charge in [0.25, 0.3) is 5.91 Å². The largest absolute Gasteiger partial charge is 0.445 e. The Hall–Kier alpha value is -4.91. The number of nitrogens with one attached hydrogen (secondary N) is 1. The van der Waals surface area contributed by atoms with Crippen molar-refractivity contribution in [3.8, 4) is 11.1 Å². The Bertz CT molecular complexity index is 1890. The molecule has 54 heavy (non-hydrogen) atoms. The average molecular weight is 734 g/mol. The van der Waals surface area contributed by atoms with Crippen LogP contribution in [-0.2, 0) is 48.3 Å². The van der Waals surface area contributed by atoms with Crippen LogP contribution in [0.2, 0.25) is 0 Å². The third kappa shape index (κ3) is 9.06. The number of hydrogen-bond donors (Lipinski definition) is 2. The zero-order chi connectivity index (χ0) is 37.4. The maximum atomic E-state index is 13.2. The summed E-state index contributed by atoms with van der Waals surface area (Å²) in [4.78, 5) is 42.1. The third-order valence-corrected chi connectivity index (χ3v) is 10.4. The van der Waals surface area contributed by atoms with E-state index in [0.717, 1.165) is 64.9 Å². The maximum absolute atomic E-state index is 13.2. The summed E-state index contributed by atoms with van der Waals surface area (Å²) in [6.45, 7) is 2.66. The van der Waals surface area contributed by atoms with Crippen LogP contribution in [0.1, 0.15) is 65.9 Å². The molecule has 7 rings (SSSR count). The minimum Gasteiger partial charge on any atom is -0.445 e. The highest BCUT2D eigenvalue weighted by atomic mass is 16.7. The number of carbonyl (C=O) groups excluding carboxylic acids is 3. The molecule has 11 nitrogen and oxygen atoms in total. The van der Waals surface area contributed by atoms with Crippen molar-refractivity contribution in [1.29, 1.82) is 0 Å². The molecule has 2 N–H and O–H groups in total. The number of benzene rings is 4. The minimum absolute atomic E-state index is 0.00830. The van der Waals surface area contributed by atoms with Crippen molar-refractivity contribution in [3.05, 3.63) is 131 Å². The predicted molar refractivity (Wildman–Crippen MR) is 200 cm³/mol. The van der Waals surface area contributed by atoms with Crippen molar-refractivity contribution < 1.29 is 38.4 Å². The summed E-state index contributed by atoms with van der Waals surface area (Å²) in [7, 11) is 1.75. The summed E-state index contributed by atoms with van der Waals surface area (Å²) in [5.41, 5.74) is 6.31. The molecule has 0 aromatic heterocycles. The van der Waals surface area contributed by atoms with Gasteiger partial charge in [0.15, 0.2) is 6.29 Å². The number of amides is 3. The molecule has 0 saturated carbocycles. The molecule has 11 heteroatoms. The molecule has 4 aromatic rings. The van der Waals surface area contributed by atoms with Crippen LogP contribution < -0.4 is 5.32 Å². The fraction of sp³-hybridized carbons (Fsp3) is 0.372. The first-order valence-corrected chi connectivity index (χ1v) is 18.6. The van der Waals surface area contributed by atoms with Crippen molar-refractivity contribution in [1.82, 2.24) is 15.1 Å². The number of aliphatic hydroxyl groups excluding tert-OH is 1. The second kappa shape index (κ2) is 17.5. The number of imide groups is 1. The Balaban J connectivity index is 1.00. The summed E-state index contributed by atoms with van der Waals surface area (Å²) in [6, 6.07) is 32.4. The van der Waals surface area contributed by atoms with E-state index in [4.69, 9.17) is 18.9 Å². The fourth-order valence-corrected chi connectivity index (χ4v) is 7.54. The number of likely N-dealkylation sites (tertiary alicyclic amines) is 2. The van der Waals surface area contributed by atoms with Gasteiger partial charge in [0, 0.05) is 31.7 Å². The average Bonchev–Trinajstić information content (AvgIpc) is 3.75. The van der Waals surface area contributed by atoms with Crippen molar-refractivity contribution in [3.63, 3.8) is 0 Å². The van der Waals surface area contributed by atoms with Crippen LogP contribution in [0.5, 0.6) is 0 Å². The van der Waals surface area contributed by atoms with Crippen molar-refractivity contribution in [2.75, 3.05) is 26.8 Å². The van der Waals surface area contributed by atoms with Gasteiger partial charge in [-0.3, -0.25) is 19.4 Å². The Labute approximate surface area is 315 Å². The molecule has 0 bridgehead atoms. The first kappa shape index (κ1) is 37.4. The van der Waals surface area contributed by atoms with E-state index < -0.39 is 24.3 Å². The second-order valence-corrected chi connectivity index (χ2v) is 14.2. The topological polar surface area (TPSA) is 127 Å². The Morgan fingerprint density at radius 2 is 1.63 bits per heavy atom. The summed E-state index contributed by atoms with van der Waals surface area (Å²) in [5.74, 6) is -0.811. The van der Waals surface area contributed by atoms with E-state index in [9.17, 15) is 19.5 Å². The minimum atomic E-state index is -0.970. The molecule has 5 atom stereocenters.